The highest BCUT2D eigenvalue weighted by Crippen LogP contribution is 2.15. The van der Waals surface area contributed by atoms with E-state index in [4.69, 9.17) is 5.73 Å². The molecule has 138 valence electrons. The van der Waals surface area contributed by atoms with Crippen molar-refractivity contribution in [1.29, 1.82) is 0 Å². The molecule has 0 saturated carbocycles. The molecule has 2 amide bonds. The van der Waals surface area contributed by atoms with Gasteiger partial charge >= 0.3 is 0 Å². The summed E-state index contributed by atoms with van der Waals surface area (Å²) in [7, 11) is -1.45. The topological polar surface area (TPSA) is 89.3 Å². The molecule has 0 unspecified atom stereocenters. The predicted octanol–water partition coefficient (Wildman–Crippen LogP) is 1.89. The highest BCUT2D eigenvalue weighted by atomic mass is 32.2. The Morgan fingerprint density at radius 1 is 1.08 bits per heavy atom. The lowest BCUT2D eigenvalue weighted by atomic mass is 10.1. The van der Waals surface area contributed by atoms with Gasteiger partial charge in [-0.1, -0.05) is 18.2 Å². The first-order valence-corrected chi connectivity index (χ1v) is 8.79. The van der Waals surface area contributed by atoms with Crippen LogP contribution in [-0.2, 0) is 15.6 Å². The first kappa shape index (κ1) is 19.6. The molecule has 0 spiro atoms. The fourth-order valence-corrected chi connectivity index (χ4v) is 3.34. The molecule has 2 aromatic rings. The molecule has 2 aromatic carbocycles. The normalized spacial score (nSPS) is 13.0. The molecule has 0 heterocycles. The Balaban J connectivity index is 2.08. The van der Waals surface area contributed by atoms with Crippen LogP contribution < -0.4 is 11.1 Å². The van der Waals surface area contributed by atoms with Crippen LogP contribution in [0.25, 0.3) is 0 Å². The number of nitrogens with two attached hydrogens (primary N) is 1. The Hall–Kier alpha value is -2.68. The van der Waals surface area contributed by atoms with Crippen molar-refractivity contribution in [3.05, 3.63) is 65.5 Å². The number of carbonyl (C=O) groups is 2. The molecule has 0 aliphatic heterocycles. The van der Waals surface area contributed by atoms with Crippen molar-refractivity contribution in [2.24, 2.45) is 5.73 Å². The second kappa shape index (κ2) is 8.61. The maximum atomic E-state index is 13.6. The number of halogens is 3. The average molecular weight is 384 g/mol. The zero-order valence-corrected chi connectivity index (χ0v) is 14.2. The molecule has 5 nitrogen and oxygen atoms in total. The van der Waals surface area contributed by atoms with Crippen LogP contribution in [0, 0.1) is 17.5 Å². The van der Waals surface area contributed by atoms with Gasteiger partial charge in [0.25, 0.3) is 5.91 Å². The summed E-state index contributed by atoms with van der Waals surface area (Å²) in [4.78, 5) is 24.1. The number of benzene rings is 2. The van der Waals surface area contributed by atoms with Crippen molar-refractivity contribution < 1.29 is 27.0 Å². The van der Waals surface area contributed by atoms with Gasteiger partial charge in [-0.3, -0.25) is 13.8 Å². The van der Waals surface area contributed by atoms with Gasteiger partial charge in [-0.15, -0.1) is 0 Å². The second-order valence-electron chi connectivity index (χ2n) is 5.32. The molecule has 2 rings (SSSR count). The number of primary amides is 1. The standard InChI is InChI=1S/C17H15F3N2O3S/c18-10-8-12(19)15(13(20)9-10)17(24)22-14(16(21)23)6-7-26(25)11-4-2-1-3-5-11/h1-5,8-9,14H,6-7H2,(H2,21,23)(H,22,24)/t14-,26-/m0/s1. The number of amides is 2. The highest BCUT2D eigenvalue weighted by molar-refractivity contribution is 7.85. The van der Waals surface area contributed by atoms with Gasteiger partial charge in [0.05, 0.1) is 10.8 Å². The van der Waals surface area contributed by atoms with E-state index in [1.807, 2.05) is 0 Å². The van der Waals surface area contributed by atoms with Gasteiger partial charge in [0.2, 0.25) is 5.91 Å². The molecule has 0 aromatic heterocycles. The van der Waals surface area contributed by atoms with E-state index in [1.54, 1.807) is 30.3 Å². The summed E-state index contributed by atoms with van der Waals surface area (Å²) < 4.78 is 52.4. The fraction of sp³-hybridized carbons (Fsp3) is 0.176. The van der Waals surface area contributed by atoms with Gasteiger partial charge in [-0.25, -0.2) is 13.2 Å². The minimum atomic E-state index is -1.45. The molecule has 2 atom stereocenters. The van der Waals surface area contributed by atoms with Crippen molar-refractivity contribution in [2.75, 3.05) is 5.75 Å². The first-order valence-electron chi connectivity index (χ1n) is 7.47. The van der Waals surface area contributed by atoms with Crippen molar-refractivity contribution >= 4 is 22.6 Å². The van der Waals surface area contributed by atoms with Crippen LogP contribution in [0.1, 0.15) is 16.8 Å². The van der Waals surface area contributed by atoms with Gasteiger partial charge in [0.15, 0.2) is 0 Å². The van der Waals surface area contributed by atoms with E-state index in [1.165, 1.54) is 0 Å². The summed E-state index contributed by atoms with van der Waals surface area (Å²) in [6.45, 7) is 0. The summed E-state index contributed by atoms with van der Waals surface area (Å²) in [5, 5.41) is 2.09. The van der Waals surface area contributed by atoms with E-state index in [2.05, 4.69) is 5.32 Å². The lowest BCUT2D eigenvalue weighted by molar-refractivity contribution is -0.119. The third kappa shape index (κ3) is 4.92. The highest BCUT2D eigenvalue weighted by Gasteiger charge is 2.24. The quantitative estimate of drug-likeness (QED) is 0.764. The van der Waals surface area contributed by atoms with Gasteiger partial charge in [0, 0.05) is 22.8 Å². The zero-order chi connectivity index (χ0) is 19.3. The van der Waals surface area contributed by atoms with E-state index >= 15 is 0 Å². The molecule has 0 radical (unpaired) electrons. The smallest absolute Gasteiger partial charge is 0.257 e. The Bertz CT molecular complexity index is 823. The summed E-state index contributed by atoms with van der Waals surface area (Å²) in [5.41, 5.74) is 4.16. The van der Waals surface area contributed by atoms with Gasteiger partial charge < -0.3 is 11.1 Å². The first-order chi connectivity index (χ1) is 12.3. The van der Waals surface area contributed by atoms with E-state index in [9.17, 15) is 27.0 Å². The number of rotatable bonds is 7. The van der Waals surface area contributed by atoms with Crippen LogP contribution in [0.3, 0.4) is 0 Å². The Morgan fingerprint density at radius 3 is 2.19 bits per heavy atom. The molecule has 0 bridgehead atoms. The Kier molecular flexibility index (Phi) is 6.51. The number of hydrogen-bond donors (Lipinski definition) is 2. The summed E-state index contributed by atoms with van der Waals surface area (Å²) in [6, 6.07) is 7.82. The molecule has 0 aliphatic carbocycles. The number of nitrogens with one attached hydrogen (secondary N) is 1. The number of carbonyl (C=O) groups excluding carboxylic acids is 2. The van der Waals surface area contributed by atoms with Crippen molar-refractivity contribution in [3.8, 4) is 0 Å². The largest absolute Gasteiger partial charge is 0.368 e. The van der Waals surface area contributed by atoms with Crippen molar-refractivity contribution in [3.63, 3.8) is 0 Å². The molecule has 26 heavy (non-hydrogen) atoms. The average Bonchev–Trinajstić information content (AvgIpc) is 2.57. The number of hydrogen-bond acceptors (Lipinski definition) is 3. The maximum absolute atomic E-state index is 13.6. The Morgan fingerprint density at radius 2 is 1.65 bits per heavy atom. The fourth-order valence-electron chi connectivity index (χ4n) is 2.19. The third-order valence-corrected chi connectivity index (χ3v) is 4.89. The SMILES string of the molecule is NC(=O)[C@H](CC[S@](=O)c1ccccc1)NC(=O)c1c(F)cc(F)cc1F. The van der Waals surface area contributed by atoms with Crippen LogP contribution in [0.15, 0.2) is 47.4 Å². The van der Waals surface area contributed by atoms with Crippen molar-refractivity contribution in [1.82, 2.24) is 5.32 Å². The third-order valence-electron chi connectivity index (χ3n) is 3.48. The second-order valence-corrected chi connectivity index (χ2v) is 6.89. The van der Waals surface area contributed by atoms with Crippen LogP contribution >= 0.6 is 0 Å². The summed E-state index contributed by atoms with van der Waals surface area (Å²) >= 11 is 0. The molecule has 0 saturated heterocycles. The molecule has 3 N–H and O–H groups in total. The molecule has 0 fully saturated rings. The minimum absolute atomic E-state index is 0.00766. The molecule has 0 aliphatic rings. The van der Waals surface area contributed by atoms with Crippen LogP contribution in [0.4, 0.5) is 13.2 Å². The Labute approximate surface area is 149 Å². The van der Waals surface area contributed by atoms with Crippen LogP contribution in [-0.4, -0.2) is 27.8 Å². The van der Waals surface area contributed by atoms with E-state index in [0.29, 0.717) is 17.0 Å². The van der Waals surface area contributed by atoms with Gasteiger partial charge in [-0.2, -0.15) is 0 Å². The molecular formula is C17H15F3N2O3S. The van der Waals surface area contributed by atoms with E-state index < -0.39 is 51.7 Å². The van der Waals surface area contributed by atoms with Gasteiger partial charge in [-0.05, 0) is 18.6 Å². The summed E-state index contributed by atoms with van der Waals surface area (Å²) in [6.07, 6.45) is -0.104. The van der Waals surface area contributed by atoms with Crippen LogP contribution in [0.5, 0.6) is 0 Å². The maximum Gasteiger partial charge on any atom is 0.257 e. The minimum Gasteiger partial charge on any atom is -0.368 e. The summed E-state index contributed by atoms with van der Waals surface area (Å²) in [5.74, 6) is -6.21. The van der Waals surface area contributed by atoms with E-state index in [0.717, 1.165) is 0 Å². The molecular weight excluding hydrogens is 369 g/mol. The monoisotopic (exact) mass is 384 g/mol. The lowest BCUT2D eigenvalue weighted by Crippen LogP contribution is -2.45. The molecule has 9 heteroatoms. The van der Waals surface area contributed by atoms with Gasteiger partial charge in [0.1, 0.15) is 29.1 Å². The van der Waals surface area contributed by atoms with Crippen molar-refractivity contribution in [2.45, 2.75) is 17.4 Å². The predicted molar refractivity (Wildman–Crippen MR) is 89.1 cm³/mol. The van der Waals surface area contributed by atoms with Crippen LogP contribution in [0.2, 0.25) is 0 Å². The van der Waals surface area contributed by atoms with E-state index in [-0.39, 0.29) is 12.2 Å². The lowest BCUT2D eigenvalue weighted by Gasteiger charge is -2.16. The zero-order valence-electron chi connectivity index (χ0n) is 13.4.